The number of hydrogen-bond donors (Lipinski definition) is 1. The van der Waals surface area contributed by atoms with Gasteiger partial charge in [-0.2, -0.15) is 0 Å². The number of aliphatic hydroxyl groups excluding tert-OH is 1. The molecule has 1 aromatic heterocycles. The van der Waals surface area contributed by atoms with Crippen molar-refractivity contribution in [2.24, 2.45) is 0 Å². The molecule has 0 radical (unpaired) electrons. The van der Waals surface area contributed by atoms with Gasteiger partial charge in [-0.25, -0.2) is 0 Å². The zero-order chi connectivity index (χ0) is 12.4. The van der Waals surface area contributed by atoms with Crippen LogP contribution in [0.3, 0.4) is 0 Å². The number of aliphatic hydroxyl groups is 1. The molecule has 0 saturated carbocycles. The molecule has 0 aliphatic rings. The van der Waals surface area contributed by atoms with Crippen LogP contribution in [-0.2, 0) is 13.0 Å². The van der Waals surface area contributed by atoms with Crippen molar-refractivity contribution in [3.8, 4) is 5.75 Å². The molecule has 1 unspecified atom stereocenters. The lowest BCUT2D eigenvalue weighted by molar-refractivity contribution is 0.193. The molecule has 17 heavy (non-hydrogen) atoms. The quantitative estimate of drug-likeness (QED) is 0.880. The predicted molar refractivity (Wildman–Crippen MR) is 69.5 cm³/mol. The monoisotopic (exact) mass is 233 g/mol. The molecule has 1 atom stereocenters. The van der Waals surface area contributed by atoms with Gasteiger partial charge in [0.15, 0.2) is 0 Å². The molecule has 2 rings (SSSR count). The SMILES string of the molecule is CCn1c(CC(C)O)cc2c(OC)cccc21. The van der Waals surface area contributed by atoms with Gasteiger partial charge < -0.3 is 14.4 Å². The summed E-state index contributed by atoms with van der Waals surface area (Å²) in [5, 5.41) is 10.7. The maximum absolute atomic E-state index is 9.53. The van der Waals surface area contributed by atoms with E-state index in [2.05, 4.69) is 23.6 Å². The molecule has 0 aliphatic heterocycles. The van der Waals surface area contributed by atoms with Crippen LogP contribution in [0.25, 0.3) is 10.9 Å². The van der Waals surface area contributed by atoms with Crippen LogP contribution in [0.5, 0.6) is 5.75 Å². The molecule has 0 fully saturated rings. The summed E-state index contributed by atoms with van der Waals surface area (Å²) in [6.07, 6.45) is 0.349. The second-order valence-corrected chi connectivity index (χ2v) is 4.33. The average Bonchev–Trinajstić information content (AvgIpc) is 2.64. The number of aromatic nitrogens is 1. The first-order valence-corrected chi connectivity index (χ1v) is 6.00. The first kappa shape index (κ1) is 12.0. The average molecular weight is 233 g/mol. The number of aryl methyl sites for hydroxylation is 1. The number of fused-ring (bicyclic) bond motifs is 1. The largest absolute Gasteiger partial charge is 0.496 e. The summed E-state index contributed by atoms with van der Waals surface area (Å²) in [5.41, 5.74) is 2.32. The van der Waals surface area contributed by atoms with E-state index in [1.807, 2.05) is 19.1 Å². The van der Waals surface area contributed by atoms with Gasteiger partial charge >= 0.3 is 0 Å². The van der Waals surface area contributed by atoms with E-state index in [0.717, 1.165) is 23.4 Å². The lowest BCUT2D eigenvalue weighted by Gasteiger charge is -2.09. The van der Waals surface area contributed by atoms with Crippen LogP contribution in [0.15, 0.2) is 24.3 Å². The normalized spacial score (nSPS) is 12.9. The number of ether oxygens (including phenoxy) is 1. The van der Waals surface area contributed by atoms with Crippen LogP contribution in [0.1, 0.15) is 19.5 Å². The Kier molecular flexibility index (Phi) is 3.38. The third-order valence-corrected chi connectivity index (χ3v) is 3.03. The molecule has 0 amide bonds. The molecular weight excluding hydrogens is 214 g/mol. The van der Waals surface area contributed by atoms with Crippen LogP contribution in [-0.4, -0.2) is 22.9 Å². The summed E-state index contributed by atoms with van der Waals surface area (Å²) >= 11 is 0. The summed E-state index contributed by atoms with van der Waals surface area (Å²) in [4.78, 5) is 0. The van der Waals surface area contributed by atoms with Gasteiger partial charge in [-0.05, 0) is 32.0 Å². The molecule has 1 heterocycles. The van der Waals surface area contributed by atoms with Crippen molar-refractivity contribution in [2.45, 2.75) is 32.9 Å². The summed E-state index contributed by atoms with van der Waals surface area (Å²) in [7, 11) is 1.69. The highest BCUT2D eigenvalue weighted by Crippen LogP contribution is 2.29. The topological polar surface area (TPSA) is 34.4 Å². The second-order valence-electron chi connectivity index (χ2n) is 4.33. The van der Waals surface area contributed by atoms with Gasteiger partial charge in [-0.1, -0.05) is 6.07 Å². The fraction of sp³-hybridized carbons (Fsp3) is 0.429. The van der Waals surface area contributed by atoms with E-state index >= 15 is 0 Å². The molecule has 1 N–H and O–H groups in total. The summed E-state index contributed by atoms with van der Waals surface area (Å²) < 4.78 is 7.60. The van der Waals surface area contributed by atoms with Gasteiger partial charge in [0.2, 0.25) is 0 Å². The van der Waals surface area contributed by atoms with Gasteiger partial charge in [-0.15, -0.1) is 0 Å². The molecule has 1 aromatic carbocycles. The minimum atomic E-state index is -0.324. The van der Waals surface area contributed by atoms with Crippen molar-refractivity contribution in [2.75, 3.05) is 7.11 Å². The van der Waals surface area contributed by atoms with E-state index in [1.165, 1.54) is 5.52 Å². The summed E-state index contributed by atoms with van der Waals surface area (Å²) in [6, 6.07) is 8.17. The van der Waals surface area contributed by atoms with Crippen molar-refractivity contribution in [3.63, 3.8) is 0 Å². The number of hydrogen-bond acceptors (Lipinski definition) is 2. The minimum absolute atomic E-state index is 0.324. The Morgan fingerprint density at radius 1 is 1.41 bits per heavy atom. The van der Waals surface area contributed by atoms with Crippen molar-refractivity contribution in [1.82, 2.24) is 4.57 Å². The van der Waals surface area contributed by atoms with E-state index in [-0.39, 0.29) is 6.10 Å². The molecule has 0 aliphatic carbocycles. The third kappa shape index (κ3) is 2.15. The molecule has 92 valence electrons. The number of rotatable bonds is 4. The van der Waals surface area contributed by atoms with E-state index in [4.69, 9.17) is 4.74 Å². The molecule has 2 aromatic rings. The highest BCUT2D eigenvalue weighted by Gasteiger charge is 2.12. The van der Waals surface area contributed by atoms with Gasteiger partial charge in [0.05, 0.1) is 18.7 Å². The molecule has 0 bridgehead atoms. The van der Waals surface area contributed by atoms with Crippen molar-refractivity contribution in [3.05, 3.63) is 30.0 Å². The summed E-state index contributed by atoms with van der Waals surface area (Å²) in [6.45, 7) is 4.83. The van der Waals surface area contributed by atoms with Crippen LogP contribution in [0, 0.1) is 0 Å². The van der Waals surface area contributed by atoms with Gasteiger partial charge in [0.25, 0.3) is 0 Å². The maximum atomic E-state index is 9.53. The zero-order valence-corrected chi connectivity index (χ0v) is 10.6. The lowest BCUT2D eigenvalue weighted by Crippen LogP contribution is -2.09. The molecular formula is C14H19NO2. The zero-order valence-electron chi connectivity index (χ0n) is 10.6. The standard InChI is InChI=1S/C14H19NO2/c1-4-15-11(8-10(2)16)9-12-13(15)6-5-7-14(12)17-3/h5-7,9-10,16H,4,8H2,1-3H3. The second kappa shape index (κ2) is 4.80. The number of benzene rings is 1. The van der Waals surface area contributed by atoms with E-state index < -0.39 is 0 Å². The highest BCUT2D eigenvalue weighted by atomic mass is 16.5. The smallest absolute Gasteiger partial charge is 0.128 e. The van der Waals surface area contributed by atoms with Crippen LogP contribution >= 0.6 is 0 Å². The maximum Gasteiger partial charge on any atom is 0.128 e. The molecule has 3 heteroatoms. The first-order chi connectivity index (χ1) is 8.17. The van der Waals surface area contributed by atoms with E-state index in [1.54, 1.807) is 7.11 Å². The number of methoxy groups -OCH3 is 1. The summed E-state index contributed by atoms with van der Waals surface area (Å²) in [5.74, 6) is 0.890. The van der Waals surface area contributed by atoms with Gasteiger partial charge in [-0.3, -0.25) is 0 Å². The molecule has 3 nitrogen and oxygen atoms in total. The van der Waals surface area contributed by atoms with Crippen molar-refractivity contribution < 1.29 is 9.84 Å². The Bertz CT molecular complexity index is 514. The van der Waals surface area contributed by atoms with Gasteiger partial charge in [0.1, 0.15) is 5.75 Å². The third-order valence-electron chi connectivity index (χ3n) is 3.03. The Morgan fingerprint density at radius 3 is 2.76 bits per heavy atom. The lowest BCUT2D eigenvalue weighted by atomic mass is 10.2. The number of nitrogens with zero attached hydrogens (tertiary/aromatic N) is 1. The van der Waals surface area contributed by atoms with Crippen LogP contribution in [0.2, 0.25) is 0 Å². The fourth-order valence-electron chi connectivity index (χ4n) is 2.34. The van der Waals surface area contributed by atoms with E-state index in [0.29, 0.717) is 6.42 Å². The predicted octanol–water partition coefficient (Wildman–Crippen LogP) is 2.59. The van der Waals surface area contributed by atoms with E-state index in [9.17, 15) is 5.11 Å². The Labute approximate surface area is 102 Å². The van der Waals surface area contributed by atoms with Crippen molar-refractivity contribution >= 4 is 10.9 Å². The first-order valence-electron chi connectivity index (χ1n) is 6.00. The van der Waals surface area contributed by atoms with Crippen LogP contribution in [0.4, 0.5) is 0 Å². The highest BCUT2D eigenvalue weighted by molar-refractivity contribution is 5.87. The minimum Gasteiger partial charge on any atom is -0.496 e. The van der Waals surface area contributed by atoms with Crippen LogP contribution < -0.4 is 4.74 Å². The molecule has 0 saturated heterocycles. The van der Waals surface area contributed by atoms with Crippen molar-refractivity contribution in [1.29, 1.82) is 0 Å². The Hall–Kier alpha value is -1.48. The van der Waals surface area contributed by atoms with Gasteiger partial charge in [0, 0.05) is 24.0 Å². The fourth-order valence-corrected chi connectivity index (χ4v) is 2.34. The molecule has 0 spiro atoms. The Morgan fingerprint density at radius 2 is 2.18 bits per heavy atom. The Balaban J connectivity index is 2.61.